The first-order chi connectivity index (χ1) is 17.2. The van der Waals surface area contributed by atoms with Crippen molar-refractivity contribution in [3.05, 3.63) is 0 Å². The molecule has 0 bridgehead atoms. The molecule has 16 heteroatoms. The van der Waals surface area contributed by atoms with E-state index in [1.54, 1.807) is 6.26 Å². The highest BCUT2D eigenvalue weighted by Crippen LogP contribution is 2.17. The lowest BCUT2D eigenvalue weighted by Gasteiger charge is -2.24. The van der Waals surface area contributed by atoms with Gasteiger partial charge in [0.1, 0.15) is 25.4 Å². The summed E-state index contributed by atoms with van der Waals surface area (Å²) in [6.07, 6.45) is 2.79. The summed E-state index contributed by atoms with van der Waals surface area (Å²) in [5.41, 5.74) is 5.17. The molecule has 1 fully saturated rings. The maximum Gasteiger partial charge on any atom is 0.249 e. The highest BCUT2D eigenvalue weighted by atomic mass is 32.2. The van der Waals surface area contributed by atoms with Crippen LogP contribution in [0.1, 0.15) is 12.8 Å². The van der Waals surface area contributed by atoms with Crippen molar-refractivity contribution < 1.29 is 38.6 Å². The smallest absolute Gasteiger partial charge is 0.249 e. The van der Waals surface area contributed by atoms with Crippen LogP contribution >= 0.6 is 11.8 Å². The van der Waals surface area contributed by atoms with Crippen molar-refractivity contribution in [2.75, 3.05) is 64.7 Å². The second-order valence-corrected chi connectivity index (χ2v) is 8.53. The van der Waals surface area contributed by atoms with E-state index >= 15 is 0 Å². The molecule has 204 valence electrons. The Bertz CT molecular complexity index is 785. The Morgan fingerprint density at radius 3 is 2.44 bits per heavy atom. The van der Waals surface area contributed by atoms with Crippen molar-refractivity contribution in [2.45, 2.75) is 24.9 Å². The first-order valence-electron chi connectivity index (χ1n) is 11.3. The van der Waals surface area contributed by atoms with Gasteiger partial charge < -0.3 is 47.1 Å². The maximum absolute atomic E-state index is 12.5. The summed E-state index contributed by atoms with van der Waals surface area (Å²) >= 11 is 1.32. The van der Waals surface area contributed by atoms with Crippen LogP contribution in [0.25, 0.3) is 0 Å². The molecule has 0 spiro atoms. The first kappa shape index (κ1) is 31.1. The molecule has 1 aliphatic rings. The Balaban J connectivity index is 2.37. The summed E-state index contributed by atoms with van der Waals surface area (Å²) in [7, 11) is 0. The molecule has 15 nitrogen and oxygen atoms in total. The summed E-state index contributed by atoms with van der Waals surface area (Å²) in [6, 6.07) is -1.62. The second-order valence-electron chi connectivity index (χ2n) is 7.62. The van der Waals surface area contributed by atoms with Gasteiger partial charge in [-0.05, 0) is 19.1 Å². The third-order valence-corrected chi connectivity index (χ3v) is 5.63. The number of hydrogen-bond donors (Lipinski definition) is 7. The Hall–Kier alpha value is -2.95. The normalized spacial score (nSPS) is 15.5. The second kappa shape index (κ2) is 17.5. The van der Waals surface area contributed by atoms with Gasteiger partial charge in [0.05, 0.1) is 26.2 Å². The van der Waals surface area contributed by atoms with Gasteiger partial charge in [0.25, 0.3) is 0 Å². The van der Waals surface area contributed by atoms with Gasteiger partial charge in [-0.1, -0.05) is 0 Å². The average molecular weight is 534 g/mol. The number of nitrogens with one attached hydrogen (secondary N) is 5. The van der Waals surface area contributed by atoms with Crippen LogP contribution in [0.2, 0.25) is 0 Å². The number of nitrogens with zero attached hydrogens (tertiary/aromatic N) is 1. The molecule has 2 unspecified atom stereocenters. The Morgan fingerprint density at radius 1 is 1.06 bits per heavy atom. The number of likely N-dealkylation sites (tertiary alicyclic amines) is 1. The number of hydrogen-bond acceptors (Lipinski definition) is 10. The van der Waals surface area contributed by atoms with Gasteiger partial charge in [0.15, 0.2) is 0 Å². The minimum atomic E-state index is -0.879. The van der Waals surface area contributed by atoms with Gasteiger partial charge in [-0.15, -0.1) is 0 Å². The lowest BCUT2D eigenvalue weighted by Crippen LogP contribution is -2.52. The summed E-state index contributed by atoms with van der Waals surface area (Å²) in [5.74, 6) is -2.75. The molecule has 1 saturated heterocycles. The lowest BCUT2D eigenvalue weighted by molar-refractivity contribution is -0.142. The van der Waals surface area contributed by atoms with Crippen molar-refractivity contribution in [3.8, 4) is 0 Å². The minimum Gasteiger partial charge on any atom is -0.376 e. The third-order valence-electron chi connectivity index (χ3n) is 4.96. The number of thioether (sulfide) groups is 1. The zero-order valence-corrected chi connectivity index (χ0v) is 21.0. The van der Waals surface area contributed by atoms with E-state index in [4.69, 9.17) is 15.6 Å². The predicted molar refractivity (Wildman–Crippen MR) is 129 cm³/mol. The molecule has 8 N–H and O–H groups in total. The summed E-state index contributed by atoms with van der Waals surface area (Å²) in [5, 5.41) is 20.7. The van der Waals surface area contributed by atoms with E-state index in [2.05, 4.69) is 26.6 Å². The molecule has 0 aromatic heterocycles. The van der Waals surface area contributed by atoms with Crippen molar-refractivity contribution in [2.24, 2.45) is 5.73 Å². The zero-order chi connectivity index (χ0) is 26.9. The molecule has 1 aliphatic heterocycles. The molecule has 6 amide bonds. The van der Waals surface area contributed by atoms with E-state index in [9.17, 15) is 28.8 Å². The van der Waals surface area contributed by atoms with Crippen molar-refractivity contribution >= 4 is 47.2 Å². The van der Waals surface area contributed by atoms with E-state index in [1.807, 2.05) is 0 Å². The van der Waals surface area contributed by atoms with E-state index < -0.39 is 55.5 Å². The largest absolute Gasteiger partial charge is 0.376 e. The molecular weight excluding hydrogens is 498 g/mol. The molecule has 36 heavy (non-hydrogen) atoms. The quantitative estimate of drug-likeness (QED) is 0.0741. The van der Waals surface area contributed by atoms with Gasteiger partial charge in [0, 0.05) is 18.8 Å². The standard InChI is InChI=1S/C20H35N7O8S/c1-36-11-13(19(33)25-12-28)26-17(31)9-23-16(30)8-24-20(34)14-3-2-5-27(14)18(32)10-35-6-4-22-15(29)7-21/h13-14,28H,2-12,21H2,1H3,(H,22,29)(H,23,30)(H,24,34)(H,25,33)(H,26,31). The topological polar surface area (TPSA) is 221 Å². The fourth-order valence-electron chi connectivity index (χ4n) is 3.24. The van der Waals surface area contributed by atoms with Crippen LogP contribution in [0.4, 0.5) is 0 Å². The molecule has 0 saturated carbocycles. The van der Waals surface area contributed by atoms with Crippen LogP contribution in [0.3, 0.4) is 0 Å². The lowest BCUT2D eigenvalue weighted by atomic mass is 10.2. The van der Waals surface area contributed by atoms with Crippen LogP contribution in [0, 0.1) is 0 Å². The molecule has 0 aromatic rings. The van der Waals surface area contributed by atoms with Crippen molar-refractivity contribution in [1.82, 2.24) is 31.5 Å². The highest BCUT2D eigenvalue weighted by molar-refractivity contribution is 7.98. The number of aliphatic hydroxyl groups excluding tert-OH is 1. The van der Waals surface area contributed by atoms with Crippen LogP contribution in [-0.4, -0.2) is 122 Å². The fourth-order valence-corrected chi connectivity index (χ4v) is 3.81. The molecule has 0 aromatic carbocycles. The van der Waals surface area contributed by atoms with Crippen molar-refractivity contribution in [1.29, 1.82) is 0 Å². The summed E-state index contributed by atoms with van der Waals surface area (Å²) in [6.45, 7) is -1.10. The Morgan fingerprint density at radius 2 is 1.78 bits per heavy atom. The molecule has 0 radical (unpaired) electrons. The molecular formula is C20H35N7O8S. The molecule has 0 aliphatic carbocycles. The first-order valence-corrected chi connectivity index (χ1v) is 12.7. The fraction of sp³-hybridized carbons (Fsp3) is 0.700. The van der Waals surface area contributed by atoms with Gasteiger partial charge in [-0.3, -0.25) is 28.8 Å². The van der Waals surface area contributed by atoms with Crippen LogP contribution in [-0.2, 0) is 33.5 Å². The minimum absolute atomic E-state index is 0.111. The summed E-state index contributed by atoms with van der Waals surface area (Å²) in [4.78, 5) is 73.2. The van der Waals surface area contributed by atoms with Crippen LogP contribution in [0.5, 0.6) is 0 Å². The maximum atomic E-state index is 12.5. The van der Waals surface area contributed by atoms with E-state index in [0.717, 1.165) is 0 Å². The molecule has 2 atom stereocenters. The summed E-state index contributed by atoms with van der Waals surface area (Å²) < 4.78 is 5.24. The van der Waals surface area contributed by atoms with Gasteiger partial charge in [0.2, 0.25) is 35.4 Å². The molecule has 1 heterocycles. The highest BCUT2D eigenvalue weighted by Gasteiger charge is 2.34. The van der Waals surface area contributed by atoms with E-state index in [0.29, 0.717) is 19.4 Å². The Labute approximate surface area is 213 Å². The predicted octanol–water partition coefficient (Wildman–Crippen LogP) is -4.78. The Kier molecular flexibility index (Phi) is 15.1. The van der Waals surface area contributed by atoms with Crippen LogP contribution in [0.15, 0.2) is 0 Å². The average Bonchev–Trinajstić information content (AvgIpc) is 3.35. The number of amides is 6. The van der Waals surface area contributed by atoms with E-state index in [1.165, 1.54) is 16.7 Å². The van der Waals surface area contributed by atoms with Gasteiger partial charge in [-0.2, -0.15) is 11.8 Å². The monoisotopic (exact) mass is 533 g/mol. The molecule has 1 rings (SSSR count). The third kappa shape index (κ3) is 11.7. The number of aliphatic hydroxyl groups is 1. The number of ether oxygens (including phenoxy) is 1. The number of rotatable bonds is 16. The zero-order valence-electron chi connectivity index (χ0n) is 20.2. The van der Waals surface area contributed by atoms with Gasteiger partial charge in [-0.25, -0.2) is 0 Å². The SMILES string of the molecule is CSCC(NC(=O)CNC(=O)CNC(=O)C1CCCN1C(=O)COCCNC(=O)CN)C(=O)NCO. The number of carbonyl (C=O) groups excluding carboxylic acids is 6. The number of carbonyl (C=O) groups is 6. The number of nitrogens with two attached hydrogens (primary N) is 1. The van der Waals surface area contributed by atoms with Gasteiger partial charge >= 0.3 is 0 Å². The van der Waals surface area contributed by atoms with Crippen LogP contribution < -0.4 is 32.3 Å². The van der Waals surface area contributed by atoms with E-state index in [-0.39, 0.29) is 43.9 Å². The van der Waals surface area contributed by atoms with Crippen molar-refractivity contribution in [3.63, 3.8) is 0 Å².